The van der Waals surface area contributed by atoms with Crippen LogP contribution in [-0.4, -0.2) is 52.0 Å². The van der Waals surface area contributed by atoms with Crippen LogP contribution in [0.15, 0.2) is 54.9 Å². The summed E-state index contributed by atoms with van der Waals surface area (Å²) in [5.41, 5.74) is 9.09. The van der Waals surface area contributed by atoms with E-state index in [1.807, 2.05) is 6.07 Å². The summed E-state index contributed by atoms with van der Waals surface area (Å²) in [6.07, 6.45) is 3.22. The number of hydrogen-bond acceptors (Lipinski definition) is 6. The number of benzene rings is 2. The van der Waals surface area contributed by atoms with Crippen molar-refractivity contribution < 1.29 is 13.9 Å². The van der Waals surface area contributed by atoms with Gasteiger partial charge in [-0.05, 0) is 42.5 Å². The number of nitrogens with zero attached hydrogens (tertiary/aromatic N) is 3. The molecule has 33 heavy (non-hydrogen) atoms. The quantitative estimate of drug-likeness (QED) is 0.412. The fourth-order valence-electron chi connectivity index (χ4n) is 3.72. The van der Waals surface area contributed by atoms with Crippen LogP contribution >= 0.6 is 12.4 Å². The molecule has 0 unspecified atom stereocenters. The summed E-state index contributed by atoms with van der Waals surface area (Å²) >= 11 is 0. The van der Waals surface area contributed by atoms with E-state index in [4.69, 9.17) is 10.5 Å². The molecule has 0 atom stereocenters. The summed E-state index contributed by atoms with van der Waals surface area (Å²) in [6.45, 7) is 1.12. The van der Waals surface area contributed by atoms with Crippen molar-refractivity contribution in [3.8, 4) is 17.1 Å². The van der Waals surface area contributed by atoms with Gasteiger partial charge in [-0.15, -0.1) is 12.4 Å². The lowest BCUT2D eigenvalue weighted by atomic mass is 10.1. The molecule has 0 saturated carbocycles. The number of H-pyrrole nitrogens is 1. The number of halogens is 2. The van der Waals surface area contributed by atoms with Gasteiger partial charge in [-0.3, -0.25) is 9.78 Å². The molecule has 1 amide bonds. The van der Waals surface area contributed by atoms with E-state index < -0.39 is 0 Å². The maximum absolute atomic E-state index is 13.5. The highest BCUT2D eigenvalue weighted by Gasteiger charge is 2.28. The van der Waals surface area contributed by atoms with Crippen LogP contribution in [0.1, 0.15) is 10.4 Å². The molecule has 1 aliphatic rings. The lowest BCUT2D eigenvalue weighted by Crippen LogP contribution is -2.57. The van der Waals surface area contributed by atoms with Crippen molar-refractivity contribution in [3.63, 3.8) is 0 Å². The Kier molecular flexibility index (Phi) is 6.17. The van der Waals surface area contributed by atoms with Gasteiger partial charge < -0.3 is 25.7 Å². The van der Waals surface area contributed by atoms with E-state index in [0.29, 0.717) is 41.6 Å². The maximum Gasteiger partial charge on any atom is 0.254 e. The summed E-state index contributed by atoms with van der Waals surface area (Å²) in [4.78, 5) is 26.3. The fraction of sp³-hybridized carbons (Fsp3) is 0.174. The third-order valence-electron chi connectivity index (χ3n) is 5.40. The van der Waals surface area contributed by atoms with Crippen LogP contribution in [0.3, 0.4) is 0 Å². The van der Waals surface area contributed by atoms with Crippen LogP contribution in [0, 0.1) is 5.82 Å². The zero-order valence-corrected chi connectivity index (χ0v) is 18.5. The highest BCUT2D eigenvalue weighted by molar-refractivity contribution is 5.96. The molecule has 4 aromatic rings. The Balaban J connectivity index is 0.00000259. The van der Waals surface area contributed by atoms with Crippen molar-refractivity contribution in [2.24, 2.45) is 5.73 Å². The van der Waals surface area contributed by atoms with Crippen molar-refractivity contribution in [1.82, 2.24) is 19.9 Å². The van der Waals surface area contributed by atoms with Crippen molar-refractivity contribution in [1.29, 1.82) is 0 Å². The molecular formula is C23H22ClFN6O2. The number of methoxy groups -OCH3 is 1. The highest BCUT2D eigenvalue weighted by atomic mass is 35.5. The van der Waals surface area contributed by atoms with Gasteiger partial charge in [0.15, 0.2) is 0 Å². The van der Waals surface area contributed by atoms with Gasteiger partial charge in [0.25, 0.3) is 5.91 Å². The minimum absolute atomic E-state index is 0. The van der Waals surface area contributed by atoms with Gasteiger partial charge in [0.2, 0.25) is 0 Å². The second-order valence-corrected chi connectivity index (χ2v) is 7.71. The van der Waals surface area contributed by atoms with Crippen LogP contribution < -0.4 is 15.8 Å². The summed E-state index contributed by atoms with van der Waals surface area (Å²) in [5.74, 6) is 0.636. The second kappa shape index (κ2) is 9.05. The number of carbonyl (C=O) groups is 1. The maximum atomic E-state index is 13.5. The molecule has 0 spiro atoms. The molecular weight excluding hydrogens is 447 g/mol. The number of nitrogens with one attached hydrogen (secondary N) is 2. The van der Waals surface area contributed by atoms with Crippen molar-refractivity contribution in [2.75, 3.05) is 25.5 Å². The Morgan fingerprint density at radius 2 is 2.03 bits per heavy atom. The van der Waals surface area contributed by atoms with E-state index in [0.717, 1.165) is 16.6 Å². The van der Waals surface area contributed by atoms with Crippen molar-refractivity contribution in [3.05, 3.63) is 66.2 Å². The van der Waals surface area contributed by atoms with Gasteiger partial charge in [0, 0.05) is 35.6 Å². The lowest BCUT2D eigenvalue weighted by Gasteiger charge is -2.36. The number of carbonyl (C=O) groups excluding carboxylic acids is 1. The highest BCUT2D eigenvalue weighted by Crippen LogP contribution is 2.30. The summed E-state index contributed by atoms with van der Waals surface area (Å²) in [7, 11) is 1.54. The minimum Gasteiger partial charge on any atom is -0.495 e. The normalized spacial score (nSPS) is 13.4. The molecule has 0 radical (unpaired) electrons. The number of fused-ring (bicyclic) bond motifs is 1. The van der Waals surface area contributed by atoms with Crippen LogP contribution in [0.2, 0.25) is 0 Å². The van der Waals surface area contributed by atoms with Crippen LogP contribution in [-0.2, 0) is 0 Å². The number of ether oxygens (including phenoxy) is 1. The first-order valence-corrected chi connectivity index (χ1v) is 10.1. The molecule has 1 aliphatic heterocycles. The van der Waals surface area contributed by atoms with Gasteiger partial charge in [-0.1, -0.05) is 0 Å². The molecule has 8 nitrogen and oxygen atoms in total. The fourth-order valence-corrected chi connectivity index (χ4v) is 3.72. The topological polar surface area (TPSA) is 109 Å². The van der Waals surface area contributed by atoms with E-state index in [-0.39, 0.29) is 30.2 Å². The van der Waals surface area contributed by atoms with E-state index in [1.54, 1.807) is 48.7 Å². The van der Waals surface area contributed by atoms with E-state index >= 15 is 0 Å². The van der Waals surface area contributed by atoms with E-state index in [1.165, 1.54) is 12.1 Å². The first kappa shape index (κ1) is 22.5. The molecule has 5 rings (SSSR count). The van der Waals surface area contributed by atoms with Crippen molar-refractivity contribution in [2.45, 2.75) is 6.04 Å². The predicted octanol–water partition coefficient (Wildman–Crippen LogP) is 3.72. The lowest BCUT2D eigenvalue weighted by molar-refractivity contribution is 0.0608. The molecule has 170 valence electrons. The summed E-state index contributed by atoms with van der Waals surface area (Å²) in [5, 5.41) is 3.94. The van der Waals surface area contributed by atoms with Gasteiger partial charge >= 0.3 is 0 Å². The number of amides is 1. The number of hydrogen-bond donors (Lipinski definition) is 3. The molecule has 0 aliphatic carbocycles. The first-order valence-electron chi connectivity index (χ1n) is 10.1. The van der Waals surface area contributed by atoms with Crippen LogP contribution in [0.4, 0.5) is 15.9 Å². The molecule has 3 heterocycles. The molecule has 4 N–H and O–H groups in total. The third kappa shape index (κ3) is 4.46. The molecule has 1 saturated heterocycles. The largest absolute Gasteiger partial charge is 0.495 e. The molecule has 0 bridgehead atoms. The van der Waals surface area contributed by atoms with Gasteiger partial charge in [-0.25, -0.2) is 9.37 Å². The Hall–Kier alpha value is -3.69. The predicted molar refractivity (Wildman–Crippen MR) is 127 cm³/mol. The zero-order valence-electron chi connectivity index (χ0n) is 17.7. The number of nitrogens with two attached hydrogens (primary N) is 1. The average molecular weight is 469 g/mol. The van der Waals surface area contributed by atoms with Gasteiger partial charge in [0.1, 0.15) is 23.1 Å². The number of aromatic amines is 1. The molecule has 10 heteroatoms. The molecule has 2 aromatic carbocycles. The second-order valence-electron chi connectivity index (χ2n) is 7.71. The van der Waals surface area contributed by atoms with Gasteiger partial charge in [-0.2, -0.15) is 0 Å². The smallest absolute Gasteiger partial charge is 0.254 e. The third-order valence-corrected chi connectivity index (χ3v) is 5.40. The summed E-state index contributed by atoms with van der Waals surface area (Å²) in [6, 6.07) is 11.6. The average Bonchev–Trinajstić information content (AvgIpc) is 3.20. The van der Waals surface area contributed by atoms with E-state index in [2.05, 4.69) is 20.3 Å². The van der Waals surface area contributed by atoms with Crippen LogP contribution in [0.5, 0.6) is 5.75 Å². The Labute approximate surface area is 195 Å². The minimum atomic E-state index is -0.296. The number of anilines is 2. The monoisotopic (exact) mass is 468 g/mol. The Bertz CT molecular complexity index is 1320. The van der Waals surface area contributed by atoms with Crippen LogP contribution in [0.25, 0.3) is 22.3 Å². The standard InChI is InChI=1S/C23H21FN6O2.ClH/c1-32-21-8-13(23(31)30-11-16(25)12-30)2-4-18(21)28-22-10-26-9-20(29-22)19-7-14-6-15(24)3-5-17(14)27-19;/h2-10,16,27H,11-12,25H2,1H3,(H,28,29);1H. The Morgan fingerprint density at radius 3 is 2.79 bits per heavy atom. The SMILES string of the molecule is COc1cc(C(=O)N2CC(N)C2)ccc1Nc1cncc(-c2cc3cc(F)ccc3[nH]2)n1.Cl. The number of rotatable bonds is 5. The van der Waals surface area contributed by atoms with Gasteiger partial charge in [0.05, 0.1) is 30.9 Å². The van der Waals surface area contributed by atoms with Crippen molar-refractivity contribution >= 4 is 40.7 Å². The summed E-state index contributed by atoms with van der Waals surface area (Å²) < 4.78 is 19.0. The van der Waals surface area contributed by atoms with E-state index in [9.17, 15) is 9.18 Å². The first-order chi connectivity index (χ1) is 15.5. The zero-order chi connectivity index (χ0) is 22.2. The number of likely N-dealkylation sites (tertiary alicyclic amines) is 1. The Morgan fingerprint density at radius 1 is 1.21 bits per heavy atom. The molecule has 2 aromatic heterocycles. The number of aromatic nitrogens is 3. The molecule has 1 fully saturated rings.